The molecule has 0 aromatic heterocycles. The third-order valence-corrected chi connectivity index (χ3v) is 2.00. The molecule has 0 unspecified atom stereocenters. The fraction of sp³-hybridized carbons (Fsp3) is 0.357. The summed E-state index contributed by atoms with van der Waals surface area (Å²) in [6, 6.07) is 8.36. The second-order valence-corrected chi connectivity index (χ2v) is 3.50. The molecule has 1 aromatic carbocycles. The number of carboxylic acid groups (broad SMARTS) is 1. The van der Waals surface area contributed by atoms with Gasteiger partial charge in [-0.2, -0.15) is 0 Å². The number of carbonyl (C=O) groups is 1. The lowest BCUT2D eigenvalue weighted by Crippen LogP contribution is -1.90. The molecule has 0 spiro atoms. The minimum absolute atomic E-state index is 0.292. The van der Waals surface area contributed by atoms with Gasteiger partial charge in [0, 0.05) is 6.42 Å². The molecule has 0 bridgehead atoms. The van der Waals surface area contributed by atoms with E-state index < -0.39 is 5.97 Å². The lowest BCUT2D eigenvalue weighted by Gasteiger charge is -1.96. The summed E-state index contributed by atoms with van der Waals surface area (Å²) in [5, 5.41) is 7.91. The van der Waals surface area contributed by atoms with Gasteiger partial charge in [-0.05, 0) is 31.4 Å². The Labute approximate surface area is 97.6 Å². The van der Waals surface area contributed by atoms with E-state index in [1.54, 1.807) is 0 Å². The molecular weight excluding hydrogens is 200 g/mol. The maximum Gasteiger partial charge on any atom is 0.303 e. The average molecular weight is 220 g/mol. The highest BCUT2D eigenvalue weighted by molar-refractivity contribution is 5.66. The molecule has 2 nitrogen and oxygen atoms in total. The van der Waals surface area contributed by atoms with Crippen LogP contribution in [0.15, 0.2) is 30.3 Å². The van der Waals surface area contributed by atoms with Gasteiger partial charge >= 0.3 is 5.97 Å². The molecule has 0 saturated heterocycles. The van der Waals surface area contributed by atoms with Crippen LogP contribution in [0.2, 0.25) is 0 Å². The molecule has 1 rings (SSSR count). The monoisotopic (exact) mass is 220 g/mol. The second-order valence-electron chi connectivity index (χ2n) is 3.50. The van der Waals surface area contributed by atoms with E-state index in [-0.39, 0.29) is 0 Å². The van der Waals surface area contributed by atoms with Crippen LogP contribution in [-0.2, 0) is 4.79 Å². The van der Waals surface area contributed by atoms with Crippen molar-refractivity contribution in [2.45, 2.75) is 33.6 Å². The minimum atomic E-state index is -0.711. The molecular formula is C14H20O2. The lowest BCUT2D eigenvalue weighted by atomic mass is 10.1. The Kier molecular flexibility index (Phi) is 7.86. The van der Waals surface area contributed by atoms with Gasteiger partial charge in [0.25, 0.3) is 0 Å². The average Bonchev–Trinajstić information content (AvgIpc) is 2.22. The Morgan fingerprint density at radius 1 is 1.38 bits per heavy atom. The van der Waals surface area contributed by atoms with Crippen LogP contribution >= 0.6 is 0 Å². The first-order valence-corrected chi connectivity index (χ1v) is 5.52. The van der Waals surface area contributed by atoms with Crippen molar-refractivity contribution in [3.63, 3.8) is 0 Å². The first-order valence-electron chi connectivity index (χ1n) is 5.52. The van der Waals surface area contributed by atoms with Crippen LogP contribution in [0.5, 0.6) is 0 Å². The third-order valence-electron chi connectivity index (χ3n) is 2.00. The van der Waals surface area contributed by atoms with E-state index in [2.05, 4.69) is 43.3 Å². The van der Waals surface area contributed by atoms with Crippen LogP contribution in [0.1, 0.15) is 37.8 Å². The maximum atomic E-state index is 9.60. The molecule has 0 heterocycles. The number of aliphatic carboxylic acids is 1. The smallest absolute Gasteiger partial charge is 0.303 e. The van der Waals surface area contributed by atoms with Crippen LogP contribution in [-0.4, -0.2) is 11.1 Å². The first kappa shape index (κ1) is 14.4. The molecule has 0 aliphatic rings. The van der Waals surface area contributed by atoms with Gasteiger partial charge in [-0.3, -0.25) is 4.79 Å². The van der Waals surface area contributed by atoms with Crippen molar-refractivity contribution >= 4 is 12.0 Å². The van der Waals surface area contributed by atoms with Crippen LogP contribution in [0, 0.1) is 6.92 Å². The van der Waals surface area contributed by atoms with Crippen molar-refractivity contribution in [1.29, 1.82) is 0 Å². The number of hydrogen-bond donors (Lipinski definition) is 1. The molecule has 1 N–H and O–H groups in total. The van der Waals surface area contributed by atoms with Crippen LogP contribution in [0.3, 0.4) is 0 Å². The zero-order chi connectivity index (χ0) is 12.4. The summed E-state index contributed by atoms with van der Waals surface area (Å²) >= 11 is 0. The fourth-order valence-electron chi connectivity index (χ4n) is 1.17. The quantitative estimate of drug-likeness (QED) is 0.838. The molecule has 0 aliphatic heterocycles. The molecule has 0 fully saturated rings. The molecule has 0 atom stereocenters. The normalized spacial score (nSPS) is 9.69. The molecule has 0 aliphatic carbocycles. The van der Waals surface area contributed by atoms with Crippen molar-refractivity contribution < 1.29 is 9.90 Å². The van der Waals surface area contributed by atoms with Gasteiger partial charge in [-0.1, -0.05) is 43.3 Å². The van der Waals surface area contributed by atoms with E-state index in [1.165, 1.54) is 11.1 Å². The highest BCUT2D eigenvalue weighted by Gasteiger charge is 1.88. The first-order chi connectivity index (χ1) is 7.61. The Morgan fingerprint density at radius 3 is 2.38 bits per heavy atom. The highest BCUT2D eigenvalue weighted by Crippen LogP contribution is 2.07. The van der Waals surface area contributed by atoms with Crippen LogP contribution in [0.4, 0.5) is 0 Å². The van der Waals surface area contributed by atoms with E-state index in [0.29, 0.717) is 6.42 Å². The van der Waals surface area contributed by atoms with Gasteiger partial charge in [0.2, 0.25) is 0 Å². The van der Waals surface area contributed by atoms with Crippen molar-refractivity contribution in [3.05, 3.63) is 41.5 Å². The standard InChI is InChI=1S/C10H12.C4H8O2/c1-3-6-10-8-5-4-7-9(10)2;1-2-3-4(5)6/h3-8H,1-2H3;2-3H2,1H3,(H,5,6)/b6-3-;. The maximum absolute atomic E-state index is 9.60. The summed E-state index contributed by atoms with van der Waals surface area (Å²) in [4.78, 5) is 9.60. The van der Waals surface area contributed by atoms with Gasteiger partial charge in [0.05, 0.1) is 0 Å². The van der Waals surface area contributed by atoms with E-state index >= 15 is 0 Å². The van der Waals surface area contributed by atoms with Gasteiger partial charge < -0.3 is 5.11 Å². The number of rotatable bonds is 3. The fourth-order valence-corrected chi connectivity index (χ4v) is 1.17. The lowest BCUT2D eigenvalue weighted by molar-refractivity contribution is -0.137. The second kappa shape index (κ2) is 8.72. The van der Waals surface area contributed by atoms with Gasteiger partial charge in [-0.15, -0.1) is 0 Å². The molecule has 2 heteroatoms. The summed E-state index contributed by atoms with van der Waals surface area (Å²) in [5.74, 6) is -0.711. The van der Waals surface area contributed by atoms with Crippen molar-refractivity contribution in [2.24, 2.45) is 0 Å². The zero-order valence-electron chi connectivity index (χ0n) is 10.2. The minimum Gasteiger partial charge on any atom is -0.481 e. The van der Waals surface area contributed by atoms with Gasteiger partial charge in [0.1, 0.15) is 0 Å². The number of allylic oxidation sites excluding steroid dienone is 1. The molecule has 0 amide bonds. The summed E-state index contributed by atoms with van der Waals surface area (Å²) in [5.41, 5.74) is 2.64. The number of hydrogen-bond acceptors (Lipinski definition) is 1. The van der Waals surface area contributed by atoms with E-state index in [9.17, 15) is 4.79 Å². The van der Waals surface area contributed by atoms with E-state index in [4.69, 9.17) is 5.11 Å². The van der Waals surface area contributed by atoms with Gasteiger partial charge in [-0.25, -0.2) is 0 Å². The Morgan fingerprint density at radius 2 is 2.00 bits per heavy atom. The molecule has 0 saturated carbocycles. The third kappa shape index (κ3) is 6.82. The Balaban J connectivity index is 0.000000325. The predicted octanol–water partition coefficient (Wildman–Crippen LogP) is 3.90. The Bertz CT molecular complexity index is 340. The van der Waals surface area contributed by atoms with Crippen molar-refractivity contribution in [3.8, 4) is 0 Å². The van der Waals surface area contributed by atoms with Gasteiger partial charge in [0.15, 0.2) is 0 Å². The summed E-state index contributed by atoms with van der Waals surface area (Å²) in [7, 11) is 0. The number of aryl methyl sites for hydroxylation is 1. The highest BCUT2D eigenvalue weighted by atomic mass is 16.4. The van der Waals surface area contributed by atoms with E-state index in [0.717, 1.165) is 6.42 Å². The topological polar surface area (TPSA) is 37.3 Å². The largest absolute Gasteiger partial charge is 0.481 e. The summed E-state index contributed by atoms with van der Waals surface area (Å²) in [6.07, 6.45) is 5.20. The molecule has 0 radical (unpaired) electrons. The van der Waals surface area contributed by atoms with E-state index in [1.807, 2.05) is 13.8 Å². The Hall–Kier alpha value is -1.57. The van der Waals surface area contributed by atoms with Crippen molar-refractivity contribution in [2.75, 3.05) is 0 Å². The van der Waals surface area contributed by atoms with Crippen molar-refractivity contribution in [1.82, 2.24) is 0 Å². The molecule has 16 heavy (non-hydrogen) atoms. The molecule has 88 valence electrons. The van der Waals surface area contributed by atoms with Crippen LogP contribution < -0.4 is 0 Å². The van der Waals surface area contributed by atoms with Crippen LogP contribution in [0.25, 0.3) is 6.08 Å². The predicted molar refractivity (Wildman–Crippen MR) is 68.4 cm³/mol. The summed E-state index contributed by atoms with van der Waals surface area (Å²) < 4.78 is 0. The number of carboxylic acids is 1. The number of benzene rings is 1. The zero-order valence-corrected chi connectivity index (χ0v) is 10.2. The summed E-state index contributed by atoms with van der Waals surface area (Å²) in [6.45, 7) is 6.00. The SMILES string of the molecule is C/C=C\c1ccccc1C.CCCC(=O)O. The molecule has 1 aromatic rings.